The maximum absolute atomic E-state index is 12.5. The number of aryl methyl sites for hydroxylation is 1. The molecule has 0 spiro atoms. The molecule has 0 fully saturated rings. The number of anilines is 1. The van der Waals surface area contributed by atoms with E-state index >= 15 is 0 Å². The van der Waals surface area contributed by atoms with Crippen LogP contribution >= 0.6 is 0 Å². The second-order valence-electron chi connectivity index (χ2n) is 8.16. The zero-order chi connectivity index (χ0) is 22.5. The second-order valence-corrected chi connectivity index (χ2v) is 10.0. The molecule has 2 aromatic rings. The molecule has 0 saturated carbocycles. The minimum atomic E-state index is -3.59. The van der Waals surface area contributed by atoms with Crippen LogP contribution in [0.3, 0.4) is 0 Å². The van der Waals surface area contributed by atoms with Crippen molar-refractivity contribution in [2.45, 2.75) is 51.5 Å². The van der Waals surface area contributed by atoms with Gasteiger partial charge in [0.1, 0.15) is 0 Å². The Morgan fingerprint density at radius 3 is 2.10 bits per heavy atom. The van der Waals surface area contributed by atoms with Crippen molar-refractivity contribution in [1.82, 2.24) is 10.0 Å². The van der Waals surface area contributed by atoms with Gasteiger partial charge in [-0.15, -0.1) is 0 Å². The molecular formula is C23H33N3O3S. The smallest absolute Gasteiger partial charge is 0.240 e. The molecule has 0 unspecified atom stereocenters. The van der Waals surface area contributed by atoms with Gasteiger partial charge < -0.3 is 10.6 Å². The molecule has 1 atom stereocenters. The van der Waals surface area contributed by atoms with Gasteiger partial charge >= 0.3 is 0 Å². The third-order valence-corrected chi connectivity index (χ3v) is 6.70. The number of nitrogens with one attached hydrogen (secondary N) is 3. The number of hydrogen-bond donors (Lipinski definition) is 3. The van der Waals surface area contributed by atoms with Gasteiger partial charge in [-0.3, -0.25) is 4.79 Å². The summed E-state index contributed by atoms with van der Waals surface area (Å²) in [6.45, 7) is 10.4. The van der Waals surface area contributed by atoms with Crippen LogP contribution < -0.4 is 15.4 Å². The van der Waals surface area contributed by atoms with Gasteiger partial charge in [0.2, 0.25) is 15.9 Å². The van der Waals surface area contributed by atoms with Crippen LogP contribution in [0.25, 0.3) is 0 Å². The van der Waals surface area contributed by atoms with Crippen molar-refractivity contribution in [3.8, 4) is 0 Å². The number of rotatable bonds is 9. The zero-order valence-corrected chi connectivity index (χ0v) is 19.4. The number of hydrogen-bond acceptors (Lipinski definition) is 4. The van der Waals surface area contributed by atoms with Crippen LogP contribution in [0.15, 0.2) is 47.4 Å². The Bertz CT molecular complexity index is 968. The van der Waals surface area contributed by atoms with E-state index in [1.54, 1.807) is 19.1 Å². The van der Waals surface area contributed by atoms with Crippen molar-refractivity contribution in [2.75, 3.05) is 18.9 Å². The minimum Gasteiger partial charge on any atom is -0.325 e. The second kappa shape index (κ2) is 10.2. The molecular weight excluding hydrogens is 398 g/mol. The quantitative estimate of drug-likeness (QED) is 0.561. The van der Waals surface area contributed by atoms with Gasteiger partial charge in [-0.25, -0.2) is 13.1 Å². The largest absolute Gasteiger partial charge is 0.325 e. The summed E-state index contributed by atoms with van der Waals surface area (Å²) >= 11 is 0. The predicted molar refractivity (Wildman–Crippen MR) is 122 cm³/mol. The van der Waals surface area contributed by atoms with E-state index in [2.05, 4.69) is 67.3 Å². The van der Waals surface area contributed by atoms with Crippen molar-refractivity contribution in [3.05, 3.63) is 59.2 Å². The fourth-order valence-corrected chi connectivity index (χ4v) is 4.31. The Balaban J connectivity index is 2.07. The lowest BCUT2D eigenvalue weighted by atomic mass is 9.93. The monoisotopic (exact) mass is 431 g/mol. The molecule has 0 aliphatic heterocycles. The van der Waals surface area contributed by atoms with Crippen LogP contribution in [0.5, 0.6) is 0 Å². The Labute approximate surface area is 180 Å². The Kier molecular flexibility index (Phi) is 8.18. The fraction of sp³-hybridized carbons (Fsp3) is 0.435. The lowest BCUT2D eigenvalue weighted by Crippen LogP contribution is -2.33. The third-order valence-electron chi connectivity index (χ3n) is 5.14. The molecule has 3 N–H and O–H groups in total. The average molecular weight is 432 g/mol. The first-order chi connectivity index (χ1) is 14.0. The van der Waals surface area contributed by atoms with E-state index in [9.17, 15) is 13.2 Å². The van der Waals surface area contributed by atoms with E-state index in [4.69, 9.17) is 0 Å². The van der Waals surface area contributed by atoms with E-state index in [-0.39, 0.29) is 23.4 Å². The molecule has 164 valence electrons. The third kappa shape index (κ3) is 6.14. The molecule has 0 aromatic heterocycles. The molecule has 0 radical (unpaired) electrons. The number of sulfonamides is 1. The van der Waals surface area contributed by atoms with Crippen LogP contribution in [0.1, 0.15) is 56.3 Å². The summed E-state index contributed by atoms with van der Waals surface area (Å²) in [5, 5.41) is 6.11. The van der Waals surface area contributed by atoms with Gasteiger partial charge in [0.15, 0.2) is 0 Å². The van der Waals surface area contributed by atoms with E-state index in [1.807, 2.05) is 0 Å². The molecule has 0 saturated heterocycles. The van der Waals surface area contributed by atoms with Gasteiger partial charge in [-0.1, -0.05) is 58.0 Å². The standard InChI is InChI=1S/C23H33N3O3S/c1-15(2)18-8-10-19(11-9-18)23(16(3)4)25-14-22(27)26-20-12-7-17(5)21(13-20)30(28,29)24-6/h7-13,15-16,23-25H,14H2,1-6H3,(H,26,27)/t23-/m1/s1. The van der Waals surface area contributed by atoms with Crippen LogP contribution in [-0.4, -0.2) is 27.9 Å². The molecule has 0 heterocycles. The first kappa shape index (κ1) is 24.1. The molecule has 6 nitrogen and oxygen atoms in total. The van der Waals surface area contributed by atoms with Gasteiger partial charge in [0, 0.05) is 11.7 Å². The summed E-state index contributed by atoms with van der Waals surface area (Å²) < 4.78 is 26.6. The summed E-state index contributed by atoms with van der Waals surface area (Å²) in [7, 11) is -2.22. The van der Waals surface area contributed by atoms with Gasteiger partial charge in [-0.05, 0) is 54.6 Å². The Morgan fingerprint density at radius 2 is 1.57 bits per heavy atom. The molecule has 1 amide bonds. The van der Waals surface area contributed by atoms with E-state index in [0.717, 1.165) is 5.56 Å². The normalized spacial score (nSPS) is 12.9. The summed E-state index contributed by atoms with van der Waals surface area (Å²) in [5.41, 5.74) is 3.49. The Hall–Kier alpha value is -2.22. The maximum atomic E-state index is 12.5. The highest BCUT2D eigenvalue weighted by Gasteiger charge is 2.18. The molecule has 7 heteroatoms. The highest BCUT2D eigenvalue weighted by atomic mass is 32.2. The fourth-order valence-electron chi connectivity index (χ4n) is 3.31. The molecule has 0 aliphatic carbocycles. The molecule has 2 aromatic carbocycles. The summed E-state index contributed by atoms with van der Waals surface area (Å²) in [5.74, 6) is 0.548. The number of amides is 1. The Morgan fingerprint density at radius 1 is 0.967 bits per heavy atom. The highest BCUT2D eigenvalue weighted by molar-refractivity contribution is 7.89. The maximum Gasteiger partial charge on any atom is 0.240 e. The van der Waals surface area contributed by atoms with Crippen molar-refractivity contribution >= 4 is 21.6 Å². The SMILES string of the molecule is CNS(=O)(=O)c1cc(NC(=O)CN[C@@H](c2ccc(C(C)C)cc2)C(C)C)ccc1C. The van der Waals surface area contributed by atoms with E-state index in [1.165, 1.54) is 18.7 Å². The lowest BCUT2D eigenvalue weighted by molar-refractivity contribution is -0.115. The van der Waals surface area contributed by atoms with Crippen LogP contribution in [0, 0.1) is 12.8 Å². The predicted octanol–water partition coefficient (Wildman–Crippen LogP) is 3.95. The number of carbonyl (C=O) groups is 1. The summed E-state index contributed by atoms with van der Waals surface area (Å²) in [6, 6.07) is 13.4. The van der Waals surface area contributed by atoms with Gasteiger partial charge in [-0.2, -0.15) is 0 Å². The van der Waals surface area contributed by atoms with E-state index in [0.29, 0.717) is 23.1 Å². The zero-order valence-electron chi connectivity index (χ0n) is 18.6. The van der Waals surface area contributed by atoms with Crippen LogP contribution in [0.2, 0.25) is 0 Å². The first-order valence-electron chi connectivity index (χ1n) is 10.2. The molecule has 2 rings (SSSR count). The van der Waals surface area contributed by atoms with Gasteiger partial charge in [0.25, 0.3) is 0 Å². The number of carbonyl (C=O) groups excluding carboxylic acids is 1. The highest BCUT2D eigenvalue weighted by Crippen LogP contribution is 2.24. The summed E-state index contributed by atoms with van der Waals surface area (Å²) in [6.07, 6.45) is 0. The van der Waals surface area contributed by atoms with E-state index < -0.39 is 10.0 Å². The molecule has 0 bridgehead atoms. The lowest BCUT2D eigenvalue weighted by Gasteiger charge is -2.23. The van der Waals surface area contributed by atoms with Crippen molar-refractivity contribution in [2.24, 2.45) is 5.92 Å². The first-order valence-corrected chi connectivity index (χ1v) is 11.7. The van der Waals surface area contributed by atoms with Crippen molar-refractivity contribution in [3.63, 3.8) is 0 Å². The molecule has 0 aliphatic rings. The van der Waals surface area contributed by atoms with Gasteiger partial charge in [0.05, 0.1) is 11.4 Å². The van der Waals surface area contributed by atoms with Crippen LogP contribution in [-0.2, 0) is 14.8 Å². The topological polar surface area (TPSA) is 87.3 Å². The van der Waals surface area contributed by atoms with Crippen molar-refractivity contribution < 1.29 is 13.2 Å². The van der Waals surface area contributed by atoms with Crippen LogP contribution in [0.4, 0.5) is 5.69 Å². The molecule has 30 heavy (non-hydrogen) atoms. The average Bonchev–Trinajstić information content (AvgIpc) is 2.69. The number of benzene rings is 2. The minimum absolute atomic E-state index is 0.0372. The van der Waals surface area contributed by atoms with Crippen molar-refractivity contribution in [1.29, 1.82) is 0 Å². The summed E-state index contributed by atoms with van der Waals surface area (Å²) in [4.78, 5) is 12.6.